The van der Waals surface area contributed by atoms with Gasteiger partial charge in [0.1, 0.15) is 13.2 Å². The SMILES string of the molecule is O=C1COCc2c(-c3ccc([C@@H]4CCCCN4)cc3)[nH]c3cccc1c23.O=C1COCc2c(-c3ccc([C@H]4CCCCN4)cc3)[nH]c3cccc1c23. The van der Waals surface area contributed by atoms with Crippen LogP contribution < -0.4 is 10.6 Å². The Kier molecular flexibility index (Phi) is 9.06. The molecule has 2 saturated heterocycles. The molecule has 8 heteroatoms. The lowest BCUT2D eigenvalue weighted by molar-refractivity contribution is 0.0738. The van der Waals surface area contributed by atoms with Crippen molar-refractivity contribution >= 4 is 33.4 Å². The molecule has 0 radical (unpaired) electrons. The minimum Gasteiger partial charge on any atom is -0.369 e. The number of benzene rings is 4. The summed E-state index contributed by atoms with van der Waals surface area (Å²) in [6, 6.07) is 30.3. The lowest BCUT2D eigenvalue weighted by atomic mass is 9.95. The van der Waals surface area contributed by atoms with Gasteiger partial charge in [0.2, 0.25) is 0 Å². The van der Waals surface area contributed by atoms with Crippen molar-refractivity contribution in [2.45, 2.75) is 63.8 Å². The Morgan fingerprint density at radius 2 is 0.942 bits per heavy atom. The van der Waals surface area contributed by atoms with Crippen LogP contribution in [0.25, 0.3) is 44.3 Å². The van der Waals surface area contributed by atoms with Crippen LogP contribution in [0.4, 0.5) is 0 Å². The molecule has 4 aliphatic heterocycles. The summed E-state index contributed by atoms with van der Waals surface area (Å²) in [4.78, 5) is 31.6. The fourth-order valence-electron chi connectivity index (χ4n) is 8.56. The van der Waals surface area contributed by atoms with Gasteiger partial charge in [0.15, 0.2) is 11.6 Å². The van der Waals surface area contributed by atoms with Crippen LogP contribution in [0, 0.1) is 0 Å². The molecule has 0 spiro atoms. The number of ether oxygens (including phenoxy) is 2. The van der Waals surface area contributed by atoms with Gasteiger partial charge < -0.3 is 30.1 Å². The van der Waals surface area contributed by atoms with Gasteiger partial charge in [-0.25, -0.2) is 0 Å². The number of piperidine rings is 2. The molecular weight excluding hydrogens is 649 g/mol. The van der Waals surface area contributed by atoms with Crippen LogP contribution in [-0.4, -0.2) is 47.8 Å². The Balaban J connectivity index is 0.000000138. The van der Waals surface area contributed by atoms with Crippen molar-refractivity contribution < 1.29 is 19.1 Å². The second-order valence-electron chi connectivity index (χ2n) is 14.5. The summed E-state index contributed by atoms with van der Waals surface area (Å²) in [6.07, 6.45) is 7.54. The lowest BCUT2D eigenvalue weighted by Crippen LogP contribution is -2.26. The maximum atomic E-state index is 12.3. The molecule has 0 saturated carbocycles. The Morgan fingerprint density at radius 3 is 1.35 bits per heavy atom. The molecule has 4 aliphatic rings. The number of nitrogens with one attached hydrogen (secondary N) is 4. The molecular formula is C44H44N4O4. The Labute approximate surface area is 303 Å². The Hall–Kier alpha value is -4.86. The average Bonchev–Trinajstić information content (AvgIpc) is 3.65. The fourth-order valence-corrected chi connectivity index (χ4v) is 8.56. The molecule has 8 nitrogen and oxygen atoms in total. The minimum absolute atomic E-state index is 0.0543. The number of aromatic nitrogens is 2. The molecule has 52 heavy (non-hydrogen) atoms. The van der Waals surface area contributed by atoms with Crippen LogP contribution in [0.5, 0.6) is 0 Å². The number of H-pyrrole nitrogens is 2. The highest BCUT2D eigenvalue weighted by Gasteiger charge is 2.25. The molecule has 0 bridgehead atoms. The van der Waals surface area contributed by atoms with Gasteiger partial charge in [-0.2, -0.15) is 0 Å². The van der Waals surface area contributed by atoms with E-state index in [-0.39, 0.29) is 24.8 Å². The van der Waals surface area contributed by atoms with Crippen molar-refractivity contribution in [2.24, 2.45) is 0 Å². The Bertz CT molecular complexity index is 2090. The lowest BCUT2D eigenvalue weighted by Gasteiger charge is -2.24. The van der Waals surface area contributed by atoms with Crippen molar-refractivity contribution in [3.63, 3.8) is 0 Å². The van der Waals surface area contributed by atoms with E-state index in [1.807, 2.05) is 36.4 Å². The first kappa shape index (κ1) is 33.0. The summed E-state index contributed by atoms with van der Waals surface area (Å²) >= 11 is 0. The zero-order valence-electron chi connectivity index (χ0n) is 29.4. The van der Waals surface area contributed by atoms with Gasteiger partial charge in [-0.1, -0.05) is 85.6 Å². The summed E-state index contributed by atoms with van der Waals surface area (Å²) in [6.45, 7) is 3.44. The molecule has 10 rings (SSSR count). The monoisotopic (exact) mass is 692 g/mol. The maximum absolute atomic E-state index is 12.3. The third-order valence-electron chi connectivity index (χ3n) is 11.2. The number of ketones is 2. The number of rotatable bonds is 4. The summed E-state index contributed by atoms with van der Waals surface area (Å²) in [7, 11) is 0. The van der Waals surface area contributed by atoms with E-state index < -0.39 is 0 Å². The summed E-state index contributed by atoms with van der Waals surface area (Å²) in [5.41, 5.74) is 12.8. The quantitative estimate of drug-likeness (QED) is 0.147. The van der Waals surface area contributed by atoms with Crippen molar-refractivity contribution in [3.8, 4) is 22.5 Å². The predicted octanol–water partition coefficient (Wildman–Crippen LogP) is 8.72. The molecule has 2 fully saturated rings. The third-order valence-corrected chi connectivity index (χ3v) is 11.2. The van der Waals surface area contributed by atoms with Crippen LogP contribution in [0.2, 0.25) is 0 Å². The molecule has 0 unspecified atom stereocenters. The maximum Gasteiger partial charge on any atom is 0.189 e. The first-order valence-electron chi connectivity index (χ1n) is 18.8. The highest BCUT2D eigenvalue weighted by atomic mass is 16.5. The number of carbonyl (C=O) groups is 2. The highest BCUT2D eigenvalue weighted by Crippen LogP contribution is 2.37. The van der Waals surface area contributed by atoms with Crippen molar-refractivity contribution in [3.05, 3.63) is 118 Å². The van der Waals surface area contributed by atoms with Gasteiger partial charge in [0.25, 0.3) is 0 Å². The number of hydrogen-bond donors (Lipinski definition) is 4. The van der Waals surface area contributed by atoms with Gasteiger partial charge in [-0.3, -0.25) is 9.59 Å². The summed E-state index contributed by atoms with van der Waals surface area (Å²) in [5.74, 6) is 0.109. The van der Waals surface area contributed by atoms with Crippen LogP contribution in [0.15, 0.2) is 84.9 Å². The van der Waals surface area contributed by atoms with E-state index in [9.17, 15) is 9.59 Å². The highest BCUT2D eigenvalue weighted by molar-refractivity contribution is 6.12. The number of Topliss-reactive ketones (excluding diaryl/α,β-unsaturated/α-hetero) is 2. The number of aromatic amines is 2. The van der Waals surface area contributed by atoms with E-state index in [1.165, 1.54) is 49.7 Å². The van der Waals surface area contributed by atoms with Crippen LogP contribution in [0.3, 0.4) is 0 Å². The van der Waals surface area contributed by atoms with Gasteiger partial charge in [0, 0.05) is 56.1 Å². The second-order valence-corrected chi connectivity index (χ2v) is 14.5. The van der Waals surface area contributed by atoms with E-state index in [0.29, 0.717) is 25.3 Å². The third kappa shape index (κ3) is 6.20. The summed E-state index contributed by atoms with van der Waals surface area (Å²) < 4.78 is 11.3. The normalized spacial score (nSPS) is 20.3. The summed E-state index contributed by atoms with van der Waals surface area (Å²) in [5, 5.41) is 9.24. The molecule has 6 aromatic rings. The van der Waals surface area contributed by atoms with E-state index in [1.54, 1.807) is 0 Å². The standard InChI is InChI=1S/2C22H22N2O2/c2*25-20-13-26-12-17-21-16(20)4-3-6-19(21)24-22(17)15-9-7-14(8-10-15)18-5-1-2-11-23-18/h2*3-4,6-10,18,23-24H,1-2,5,11-13H2/t2*18-/m10/s1. The number of hydrogen-bond acceptors (Lipinski definition) is 6. The number of carbonyl (C=O) groups excluding carboxylic acids is 2. The van der Waals surface area contributed by atoms with Gasteiger partial charge in [0.05, 0.1) is 24.6 Å². The van der Waals surface area contributed by atoms with Crippen LogP contribution >= 0.6 is 0 Å². The topological polar surface area (TPSA) is 108 Å². The molecule has 0 aliphatic carbocycles. The molecule has 4 aromatic carbocycles. The molecule has 6 heterocycles. The molecule has 264 valence electrons. The minimum atomic E-state index is 0.0543. The molecule has 4 N–H and O–H groups in total. The van der Waals surface area contributed by atoms with Crippen molar-refractivity contribution in [1.82, 2.24) is 20.6 Å². The van der Waals surface area contributed by atoms with E-state index >= 15 is 0 Å². The van der Waals surface area contributed by atoms with Gasteiger partial charge >= 0.3 is 0 Å². The molecule has 2 atom stereocenters. The van der Waals surface area contributed by atoms with E-state index in [0.717, 1.165) is 79.7 Å². The fraction of sp³-hybridized carbons (Fsp3) is 0.318. The predicted molar refractivity (Wildman–Crippen MR) is 205 cm³/mol. The zero-order valence-corrected chi connectivity index (χ0v) is 29.4. The Morgan fingerprint density at radius 1 is 0.500 bits per heavy atom. The largest absolute Gasteiger partial charge is 0.369 e. The smallest absolute Gasteiger partial charge is 0.189 e. The van der Waals surface area contributed by atoms with E-state index in [4.69, 9.17) is 9.47 Å². The van der Waals surface area contributed by atoms with Crippen LogP contribution in [0.1, 0.15) is 93.6 Å². The second kappa shape index (κ2) is 14.3. The average molecular weight is 693 g/mol. The first-order chi connectivity index (χ1) is 25.6. The van der Waals surface area contributed by atoms with Gasteiger partial charge in [-0.15, -0.1) is 0 Å². The molecule has 2 aromatic heterocycles. The van der Waals surface area contributed by atoms with E-state index in [2.05, 4.69) is 69.1 Å². The molecule has 0 amide bonds. The first-order valence-corrected chi connectivity index (χ1v) is 18.8. The zero-order chi connectivity index (χ0) is 35.0. The van der Waals surface area contributed by atoms with Gasteiger partial charge in [-0.05, 0) is 73.2 Å². The van der Waals surface area contributed by atoms with Crippen molar-refractivity contribution in [2.75, 3.05) is 26.3 Å². The van der Waals surface area contributed by atoms with Crippen LogP contribution in [-0.2, 0) is 22.7 Å². The van der Waals surface area contributed by atoms with Crippen molar-refractivity contribution in [1.29, 1.82) is 0 Å².